The first kappa shape index (κ1) is 17.4. The quantitative estimate of drug-likeness (QED) is 0.730. The number of esters is 1. The van der Waals surface area contributed by atoms with E-state index in [0.717, 1.165) is 18.3 Å². The molecule has 1 fully saturated rings. The predicted molar refractivity (Wildman–Crippen MR) is 78.7 cm³/mol. The first-order valence-corrected chi connectivity index (χ1v) is 9.04. The molecule has 118 valence electrons. The Kier molecular flexibility index (Phi) is 6.95. The van der Waals surface area contributed by atoms with Crippen molar-refractivity contribution in [2.75, 3.05) is 19.4 Å². The van der Waals surface area contributed by atoms with Crippen molar-refractivity contribution in [3.05, 3.63) is 0 Å². The molecule has 0 aromatic carbocycles. The van der Waals surface area contributed by atoms with Crippen LogP contribution in [0.15, 0.2) is 0 Å². The van der Waals surface area contributed by atoms with E-state index in [-0.39, 0.29) is 12.2 Å². The molecule has 1 N–H and O–H groups in total. The maximum atomic E-state index is 11.5. The Morgan fingerprint density at radius 1 is 1.20 bits per heavy atom. The van der Waals surface area contributed by atoms with E-state index in [1.54, 1.807) is 0 Å². The number of ether oxygens (including phenoxy) is 1. The second-order valence-electron chi connectivity index (χ2n) is 6.07. The topological polar surface area (TPSA) is 72.5 Å². The standard InChI is InChI=1S/C14H27NO4S/c1-11-8-12(2)10-13(9-11)4-6-19-14(16)5-7-20(17,18)15-3/h11-13,15H,4-10H2,1-3H3/t11-,12-/m0/s1. The molecule has 0 aromatic heterocycles. The van der Waals surface area contributed by atoms with E-state index < -0.39 is 16.0 Å². The summed E-state index contributed by atoms with van der Waals surface area (Å²) in [6.45, 7) is 4.96. The third kappa shape index (κ3) is 6.70. The molecule has 0 saturated heterocycles. The van der Waals surface area contributed by atoms with Crippen molar-refractivity contribution in [1.29, 1.82) is 0 Å². The molecular formula is C14H27NO4S. The SMILES string of the molecule is CNS(=O)(=O)CCC(=O)OCCC1C[C@@H](C)C[C@H](C)C1. The molecule has 0 amide bonds. The zero-order valence-electron chi connectivity index (χ0n) is 12.7. The minimum Gasteiger partial charge on any atom is -0.466 e. The summed E-state index contributed by atoms with van der Waals surface area (Å²) in [5, 5.41) is 0. The van der Waals surface area contributed by atoms with Crippen LogP contribution < -0.4 is 4.72 Å². The van der Waals surface area contributed by atoms with E-state index >= 15 is 0 Å². The van der Waals surface area contributed by atoms with Crippen molar-refractivity contribution in [3.8, 4) is 0 Å². The molecule has 0 aromatic rings. The molecule has 0 radical (unpaired) electrons. The van der Waals surface area contributed by atoms with Crippen molar-refractivity contribution in [3.63, 3.8) is 0 Å². The molecule has 0 heterocycles. The van der Waals surface area contributed by atoms with E-state index in [0.29, 0.717) is 12.5 Å². The van der Waals surface area contributed by atoms with Gasteiger partial charge in [0.15, 0.2) is 0 Å². The van der Waals surface area contributed by atoms with Crippen molar-refractivity contribution >= 4 is 16.0 Å². The Morgan fingerprint density at radius 3 is 2.35 bits per heavy atom. The van der Waals surface area contributed by atoms with Gasteiger partial charge in [0.05, 0.1) is 18.8 Å². The van der Waals surface area contributed by atoms with Crippen LogP contribution in [0, 0.1) is 17.8 Å². The van der Waals surface area contributed by atoms with Crippen molar-refractivity contribution in [1.82, 2.24) is 4.72 Å². The number of hydrogen-bond donors (Lipinski definition) is 1. The summed E-state index contributed by atoms with van der Waals surface area (Å²) in [7, 11) is -1.99. The van der Waals surface area contributed by atoms with Gasteiger partial charge in [-0.05, 0) is 50.5 Å². The molecule has 2 atom stereocenters. The molecule has 1 rings (SSSR count). The van der Waals surface area contributed by atoms with Gasteiger partial charge in [-0.1, -0.05) is 13.8 Å². The highest BCUT2D eigenvalue weighted by molar-refractivity contribution is 7.89. The van der Waals surface area contributed by atoms with Crippen molar-refractivity contribution < 1.29 is 17.9 Å². The van der Waals surface area contributed by atoms with E-state index in [1.165, 1.54) is 26.3 Å². The predicted octanol–water partition coefficient (Wildman–Crippen LogP) is 1.93. The lowest BCUT2D eigenvalue weighted by Gasteiger charge is -2.31. The second kappa shape index (κ2) is 7.98. The van der Waals surface area contributed by atoms with Gasteiger partial charge in [-0.2, -0.15) is 0 Å². The van der Waals surface area contributed by atoms with Gasteiger partial charge in [0, 0.05) is 0 Å². The van der Waals surface area contributed by atoms with Crippen LogP contribution in [0.25, 0.3) is 0 Å². The summed E-state index contributed by atoms with van der Waals surface area (Å²) in [5.41, 5.74) is 0. The van der Waals surface area contributed by atoms with Crippen LogP contribution in [0.4, 0.5) is 0 Å². The summed E-state index contributed by atoms with van der Waals surface area (Å²) < 4.78 is 29.7. The third-order valence-corrected chi connectivity index (χ3v) is 5.31. The molecule has 5 nitrogen and oxygen atoms in total. The van der Waals surface area contributed by atoms with Crippen molar-refractivity contribution in [2.45, 2.75) is 46.0 Å². The largest absolute Gasteiger partial charge is 0.466 e. The van der Waals surface area contributed by atoms with Crippen LogP contribution in [0.1, 0.15) is 46.0 Å². The normalized spacial score (nSPS) is 27.2. The zero-order chi connectivity index (χ0) is 15.2. The Hall–Kier alpha value is -0.620. The zero-order valence-corrected chi connectivity index (χ0v) is 13.5. The van der Waals surface area contributed by atoms with E-state index in [9.17, 15) is 13.2 Å². The summed E-state index contributed by atoms with van der Waals surface area (Å²) in [6.07, 6.45) is 4.50. The number of rotatable bonds is 7. The van der Waals surface area contributed by atoms with Crippen LogP contribution >= 0.6 is 0 Å². The van der Waals surface area contributed by atoms with Gasteiger partial charge in [0.25, 0.3) is 0 Å². The molecule has 1 aliphatic carbocycles. The third-order valence-electron chi connectivity index (χ3n) is 3.95. The van der Waals surface area contributed by atoms with Crippen LogP contribution in [0.3, 0.4) is 0 Å². The van der Waals surface area contributed by atoms with Gasteiger partial charge in [0.1, 0.15) is 0 Å². The number of hydrogen-bond acceptors (Lipinski definition) is 4. The maximum Gasteiger partial charge on any atom is 0.306 e. The number of sulfonamides is 1. The summed E-state index contributed by atoms with van der Waals surface area (Å²) in [6, 6.07) is 0. The van der Waals surface area contributed by atoms with Crippen LogP contribution in [-0.2, 0) is 19.6 Å². The van der Waals surface area contributed by atoms with Gasteiger partial charge in [-0.25, -0.2) is 13.1 Å². The molecule has 20 heavy (non-hydrogen) atoms. The molecule has 0 bridgehead atoms. The monoisotopic (exact) mass is 305 g/mol. The Morgan fingerprint density at radius 2 is 1.80 bits per heavy atom. The van der Waals surface area contributed by atoms with Gasteiger partial charge in [-0.15, -0.1) is 0 Å². The summed E-state index contributed by atoms with van der Waals surface area (Å²) >= 11 is 0. The molecule has 0 spiro atoms. The van der Waals surface area contributed by atoms with Gasteiger partial charge in [0.2, 0.25) is 10.0 Å². The smallest absolute Gasteiger partial charge is 0.306 e. The average Bonchev–Trinajstić information content (AvgIpc) is 2.35. The maximum absolute atomic E-state index is 11.5. The molecular weight excluding hydrogens is 278 g/mol. The van der Waals surface area contributed by atoms with E-state index in [4.69, 9.17) is 4.74 Å². The first-order valence-electron chi connectivity index (χ1n) is 7.39. The Labute approximate surface area is 122 Å². The number of carbonyl (C=O) groups is 1. The van der Waals surface area contributed by atoms with Crippen molar-refractivity contribution in [2.24, 2.45) is 17.8 Å². The molecule has 0 unspecified atom stereocenters. The fraction of sp³-hybridized carbons (Fsp3) is 0.929. The highest BCUT2D eigenvalue weighted by atomic mass is 32.2. The lowest BCUT2D eigenvalue weighted by atomic mass is 9.75. The Bertz CT molecular complexity index is 397. The molecule has 6 heteroatoms. The number of nitrogens with one attached hydrogen (secondary N) is 1. The van der Waals surface area contributed by atoms with E-state index in [1.807, 2.05) is 0 Å². The highest BCUT2D eigenvalue weighted by Crippen LogP contribution is 2.34. The Balaban J connectivity index is 2.19. The summed E-state index contributed by atoms with van der Waals surface area (Å²) in [5.74, 6) is 1.49. The van der Waals surface area contributed by atoms with Crippen LogP contribution in [0.5, 0.6) is 0 Å². The molecule has 1 aliphatic rings. The van der Waals surface area contributed by atoms with E-state index in [2.05, 4.69) is 18.6 Å². The first-order chi connectivity index (χ1) is 9.32. The number of carbonyl (C=O) groups excluding carboxylic acids is 1. The van der Waals surface area contributed by atoms with Gasteiger partial charge in [-0.3, -0.25) is 4.79 Å². The van der Waals surface area contributed by atoms with Crippen LogP contribution in [-0.4, -0.2) is 33.8 Å². The van der Waals surface area contributed by atoms with Gasteiger partial charge >= 0.3 is 5.97 Å². The second-order valence-corrected chi connectivity index (χ2v) is 8.11. The minimum absolute atomic E-state index is 0.0827. The molecule has 1 saturated carbocycles. The lowest BCUT2D eigenvalue weighted by Crippen LogP contribution is -2.24. The average molecular weight is 305 g/mol. The van der Waals surface area contributed by atoms with Gasteiger partial charge < -0.3 is 4.74 Å². The fourth-order valence-electron chi connectivity index (χ4n) is 3.08. The lowest BCUT2D eigenvalue weighted by molar-refractivity contribution is -0.143. The molecule has 0 aliphatic heterocycles. The summed E-state index contributed by atoms with van der Waals surface area (Å²) in [4.78, 5) is 11.5. The minimum atomic E-state index is -3.33. The highest BCUT2D eigenvalue weighted by Gasteiger charge is 2.23. The fourth-order valence-corrected chi connectivity index (χ4v) is 3.72. The van der Waals surface area contributed by atoms with Crippen LogP contribution in [0.2, 0.25) is 0 Å².